The molecule has 0 atom stereocenters. The quantitative estimate of drug-likeness (QED) is 0.578. The highest BCUT2D eigenvalue weighted by atomic mass is 16.5. The molecule has 3 rings (SSSR count). The topological polar surface area (TPSA) is 51.7 Å². The minimum Gasteiger partial charge on any atom is -0.497 e. The summed E-state index contributed by atoms with van der Waals surface area (Å²) >= 11 is 0. The summed E-state index contributed by atoms with van der Waals surface area (Å²) in [6, 6.07) is 21.2. The third kappa shape index (κ3) is 5.77. The van der Waals surface area contributed by atoms with Gasteiger partial charge in [-0.3, -0.25) is 9.78 Å². The van der Waals surface area contributed by atoms with Crippen LogP contribution in [0.2, 0.25) is 0 Å². The minimum absolute atomic E-state index is 0.00354. The zero-order valence-corrected chi connectivity index (χ0v) is 16.6. The average Bonchev–Trinajstić information content (AvgIpc) is 2.78. The summed E-state index contributed by atoms with van der Waals surface area (Å²) in [7, 11) is 3.39. The number of amides is 1. The second-order valence-corrected chi connectivity index (χ2v) is 6.47. The number of methoxy groups -OCH3 is 1. The Balaban J connectivity index is 1.75. The lowest BCUT2D eigenvalue weighted by atomic mass is 10.1. The van der Waals surface area contributed by atoms with Gasteiger partial charge in [-0.2, -0.15) is 0 Å². The normalized spacial score (nSPS) is 11.2. The molecule has 0 unspecified atom stereocenters. The predicted molar refractivity (Wildman–Crippen MR) is 114 cm³/mol. The van der Waals surface area contributed by atoms with Crippen LogP contribution < -0.4 is 4.74 Å². The number of ether oxygens (including phenoxy) is 2. The minimum atomic E-state index is -0.127. The number of pyridine rings is 1. The van der Waals surface area contributed by atoms with E-state index in [1.165, 1.54) is 0 Å². The summed E-state index contributed by atoms with van der Waals surface area (Å²) in [4.78, 5) is 18.5. The van der Waals surface area contributed by atoms with Crippen LogP contribution in [0.25, 0.3) is 11.8 Å². The van der Waals surface area contributed by atoms with Gasteiger partial charge in [0.1, 0.15) is 12.4 Å². The molecular formula is C24H24N2O3. The van der Waals surface area contributed by atoms with Crippen LogP contribution in [0.5, 0.6) is 5.75 Å². The second kappa shape index (κ2) is 10.2. The number of carbonyl (C=O) groups excluding carboxylic acids is 1. The molecule has 1 heterocycles. The van der Waals surface area contributed by atoms with E-state index in [1.54, 1.807) is 31.5 Å². The van der Waals surface area contributed by atoms with Gasteiger partial charge in [0.15, 0.2) is 0 Å². The van der Waals surface area contributed by atoms with E-state index in [9.17, 15) is 4.79 Å². The lowest BCUT2D eigenvalue weighted by molar-refractivity contribution is -0.132. The van der Waals surface area contributed by atoms with E-state index in [-0.39, 0.29) is 12.5 Å². The molecule has 5 heteroatoms. The summed E-state index contributed by atoms with van der Waals surface area (Å²) < 4.78 is 10.8. The lowest BCUT2D eigenvalue weighted by Crippen LogP contribution is -2.29. The van der Waals surface area contributed by atoms with Crippen molar-refractivity contribution in [1.82, 2.24) is 9.88 Å². The molecule has 0 radical (unpaired) electrons. The molecule has 0 aliphatic carbocycles. The Bertz CT molecular complexity index is 939. The van der Waals surface area contributed by atoms with Gasteiger partial charge in [-0.05, 0) is 41.5 Å². The van der Waals surface area contributed by atoms with Crippen LogP contribution in [0.4, 0.5) is 0 Å². The molecule has 0 spiro atoms. The van der Waals surface area contributed by atoms with Crippen molar-refractivity contribution in [2.45, 2.75) is 6.61 Å². The van der Waals surface area contributed by atoms with Crippen molar-refractivity contribution in [3.8, 4) is 5.75 Å². The van der Waals surface area contributed by atoms with Gasteiger partial charge < -0.3 is 14.4 Å². The van der Waals surface area contributed by atoms with E-state index in [0.717, 1.165) is 28.1 Å². The first-order chi connectivity index (χ1) is 14.2. The van der Waals surface area contributed by atoms with Crippen molar-refractivity contribution < 1.29 is 14.3 Å². The Morgan fingerprint density at radius 2 is 1.69 bits per heavy atom. The average molecular weight is 388 g/mol. The maximum atomic E-state index is 12.8. The van der Waals surface area contributed by atoms with Crippen LogP contribution in [0.1, 0.15) is 16.7 Å². The molecular weight excluding hydrogens is 364 g/mol. The first kappa shape index (κ1) is 20.3. The number of hydrogen-bond donors (Lipinski definition) is 0. The first-order valence-electron chi connectivity index (χ1n) is 9.32. The molecule has 1 aromatic heterocycles. The van der Waals surface area contributed by atoms with Crippen molar-refractivity contribution in [1.29, 1.82) is 0 Å². The van der Waals surface area contributed by atoms with Gasteiger partial charge in [-0.15, -0.1) is 0 Å². The van der Waals surface area contributed by atoms with Crippen molar-refractivity contribution in [2.75, 3.05) is 20.8 Å². The molecule has 0 N–H and O–H groups in total. The number of nitrogens with zero attached hydrogens (tertiary/aromatic N) is 2. The summed E-state index contributed by atoms with van der Waals surface area (Å²) in [5, 5.41) is 0. The number of hydrogen-bond acceptors (Lipinski definition) is 4. The third-order valence-corrected chi connectivity index (χ3v) is 4.47. The number of rotatable bonds is 8. The SMILES string of the molecule is COc1ccc(C=C(c2ccncc2)N(C)C(=O)COCc2ccccc2)cc1. The summed E-state index contributed by atoms with van der Waals surface area (Å²) in [5.41, 5.74) is 3.66. The molecule has 5 nitrogen and oxygen atoms in total. The number of likely N-dealkylation sites (N-methyl/N-ethyl adjacent to an activating group) is 1. The number of aromatic nitrogens is 1. The van der Waals surface area contributed by atoms with Gasteiger partial charge in [0, 0.05) is 25.0 Å². The molecule has 0 fully saturated rings. The van der Waals surface area contributed by atoms with Crippen LogP contribution in [0.15, 0.2) is 79.1 Å². The molecule has 0 aliphatic rings. The van der Waals surface area contributed by atoms with Gasteiger partial charge in [-0.1, -0.05) is 42.5 Å². The molecule has 29 heavy (non-hydrogen) atoms. The Morgan fingerprint density at radius 1 is 1.00 bits per heavy atom. The fourth-order valence-electron chi connectivity index (χ4n) is 2.82. The smallest absolute Gasteiger partial charge is 0.252 e. The Labute approximate surface area is 171 Å². The molecule has 1 amide bonds. The van der Waals surface area contributed by atoms with Crippen molar-refractivity contribution in [3.63, 3.8) is 0 Å². The summed E-state index contributed by atoms with van der Waals surface area (Å²) in [6.07, 6.45) is 5.38. The molecule has 0 saturated carbocycles. The maximum Gasteiger partial charge on any atom is 0.252 e. The molecule has 148 valence electrons. The summed E-state index contributed by atoms with van der Waals surface area (Å²) in [5.74, 6) is 0.656. The fraction of sp³-hybridized carbons (Fsp3) is 0.167. The molecule has 2 aromatic carbocycles. The second-order valence-electron chi connectivity index (χ2n) is 6.47. The van der Waals surface area contributed by atoms with E-state index in [4.69, 9.17) is 9.47 Å². The van der Waals surface area contributed by atoms with Gasteiger partial charge in [0.2, 0.25) is 0 Å². The highest BCUT2D eigenvalue weighted by Gasteiger charge is 2.16. The zero-order chi connectivity index (χ0) is 20.5. The third-order valence-electron chi connectivity index (χ3n) is 4.47. The van der Waals surface area contributed by atoms with E-state index in [1.807, 2.05) is 72.8 Å². The van der Waals surface area contributed by atoms with Gasteiger partial charge in [0.25, 0.3) is 5.91 Å². The Kier molecular flexibility index (Phi) is 7.14. The van der Waals surface area contributed by atoms with Crippen LogP contribution in [0, 0.1) is 0 Å². The van der Waals surface area contributed by atoms with Gasteiger partial charge >= 0.3 is 0 Å². The fourth-order valence-corrected chi connectivity index (χ4v) is 2.82. The largest absolute Gasteiger partial charge is 0.497 e. The van der Waals surface area contributed by atoms with E-state index >= 15 is 0 Å². The van der Waals surface area contributed by atoms with E-state index < -0.39 is 0 Å². The summed E-state index contributed by atoms with van der Waals surface area (Å²) in [6.45, 7) is 0.392. The van der Waals surface area contributed by atoms with Crippen LogP contribution in [-0.2, 0) is 16.1 Å². The number of benzene rings is 2. The van der Waals surface area contributed by atoms with Crippen molar-refractivity contribution >= 4 is 17.7 Å². The molecule has 0 saturated heterocycles. The van der Waals surface area contributed by atoms with Crippen LogP contribution in [0.3, 0.4) is 0 Å². The van der Waals surface area contributed by atoms with E-state index in [2.05, 4.69) is 4.98 Å². The number of carbonyl (C=O) groups is 1. The Morgan fingerprint density at radius 3 is 2.34 bits per heavy atom. The van der Waals surface area contributed by atoms with Gasteiger partial charge in [-0.25, -0.2) is 0 Å². The van der Waals surface area contributed by atoms with Gasteiger partial charge in [0.05, 0.1) is 19.4 Å². The van der Waals surface area contributed by atoms with Crippen LogP contribution in [-0.4, -0.2) is 36.6 Å². The standard InChI is InChI=1S/C24H24N2O3/c1-26(24(27)18-29-17-20-6-4-3-5-7-20)23(21-12-14-25-15-13-21)16-19-8-10-22(28-2)11-9-19/h3-16H,17-18H2,1-2H3. The first-order valence-corrected chi connectivity index (χ1v) is 9.32. The van der Waals surface area contributed by atoms with E-state index in [0.29, 0.717) is 6.61 Å². The van der Waals surface area contributed by atoms with Crippen molar-refractivity contribution in [3.05, 3.63) is 95.8 Å². The molecule has 0 aliphatic heterocycles. The predicted octanol–water partition coefficient (Wildman–Crippen LogP) is 4.26. The highest BCUT2D eigenvalue weighted by Crippen LogP contribution is 2.22. The molecule has 3 aromatic rings. The van der Waals surface area contributed by atoms with Crippen LogP contribution >= 0.6 is 0 Å². The zero-order valence-electron chi connectivity index (χ0n) is 16.6. The Hall–Kier alpha value is -3.44. The van der Waals surface area contributed by atoms with Crippen molar-refractivity contribution in [2.24, 2.45) is 0 Å². The monoisotopic (exact) mass is 388 g/mol. The lowest BCUT2D eigenvalue weighted by Gasteiger charge is -2.21. The highest BCUT2D eigenvalue weighted by molar-refractivity contribution is 5.92. The molecule has 0 bridgehead atoms. The maximum absolute atomic E-state index is 12.8.